The molecule has 0 N–H and O–H groups in total. The van der Waals surface area contributed by atoms with Crippen molar-refractivity contribution >= 4 is 35.2 Å². The van der Waals surface area contributed by atoms with E-state index in [1.165, 1.54) is 21.9 Å². The summed E-state index contributed by atoms with van der Waals surface area (Å²) in [4.78, 5) is 13.6. The topological polar surface area (TPSA) is 51.8 Å². The Bertz CT molecular complexity index is 2900. The van der Waals surface area contributed by atoms with E-state index in [-0.39, 0.29) is 20.1 Å². The molecule has 0 amide bonds. The van der Waals surface area contributed by atoms with Crippen LogP contribution in [0.4, 0.5) is 0 Å². The number of hydrogen-bond donors (Lipinski definition) is 0. The average molecular weight is 986 g/mol. The fourth-order valence-electron chi connectivity index (χ4n) is 7.20. The summed E-state index contributed by atoms with van der Waals surface area (Å²) in [6.07, 6.45) is 5.82. The Kier molecular flexibility index (Phi) is 13.7. The fourth-order valence-corrected chi connectivity index (χ4v) is 8.23. The third-order valence-corrected chi connectivity index (χ3v) is 12.5. The Morgan fingerprint density at radius 3 is 1.51 bits per heavy atom. The molecular formula is C55H47IrN3OSi. The van der Waals surface area contributed by atoms with Crippen LogP contribution >= 0.6 is 0 Å². The Morgan fingerprint density at radius 1 is 0.410 bits per heavy atom. The first-order valence-electron chi connectivity index (χ1n) is 20.3. The van der Waals surface area contributed by atoms with Gasteiger partial charge in [0.1, 0.15) is 11.2 Å². The molecule has 0 saturated carbocycles. The monoisotopic (exact) mass is 986 g/mol. The Labute approximate surface area is 373 Å². The molecule has 0 aliphatic rings. The minimum atomic E-state index is -1.22. The molecule has 0 spiro atoms. The number of nitrogens with zero attached hydrogens (tertiary/aromatic N) is 3. The van der Waals surface area contributed by atoms with E-state index < -0.39 is 8.07 Å². The van der Waals surface area contributed by atoms with Crippen molar-refractivity contribution in [3.05, 3.63) is 218 Å². The summed E-state index contributed by atoms with van der Waals surface area (Å²) in [5.74, 6) is 0. The number of fused-ring (bicyclic) bond motifs is 3. The summed E-state index contributed by atoms with van der Waals surface area (Å²) in [6, 6.07) is 66.4. The molecule has 10 aromatic rings. The van der Waals surface area contributed by atoms with Gasteiger partial charge in [-0.2, -0.15) is 0 Å². The third kappa shape index (κ3) is 10.3. The fraction of sp³-hybridized carbons (Fsp3) is 0.0727. The van der Waals surface area contributed by atoms with E-state index in [4.69, 9.17) is 9.40 Å². The molecule has 0 bridgehead atoms. The number of pyridine rings is 3. The first-order chi connectivity index (χ1) is 29.3. The molecule has 4 heterocycles. The van der Waals surface area contributed by atoms with Crippen LogP contribution in [0.5, 0.6) is 0 Å². The van der Waals surface area contributed by atoms with Gasteiger partial charge in [0, 0.05) is 77.3 Å². The molecule has 0 fully saturated rings. The third-order valence-electron chi connectivity index (χ3n) is 10.5. The largest absolute Gasteiger partial charge is 0.455 e. The van der Waals surface area contributed by atoms with Crippen molar-refractivity contribution in [2.45, 2.75) is 26.6 Å². The molecule has 6 aromatic carbocycles. The van der Waals surface area contributed by atoms with Gasteiger partial charge in [-0.1, -0.05) is 171 Å². The molecule has 0 saturated heterocycles. The number of hydrogen-bond acceptors (Lipinski definition) is 4. The van der Waals surface area contributed by atoms with Crippen LogP contribution in [0.3, 0.4) is 0 Å². The number of para-hydroxylation sites is 1. The summed E-state index contributed by atoms with van der Waals surface area (Å²) in [6.45, 7) is 9.16. The maximum atomic E-state index is 6.31. The van der Waals surface area contributed by atoms with E-state index in [9.17, 15) is 0 Å². The van der Waals surface area contributed by atoms with Gasteiger partial charge in [0.2, 0.25) is 0 Å². The summed E-state index contributed by atoms with van der Waals surface area (Å²) in [5, 5.41) is 3.65. The van der Waals surface area contributed by atoms with Crippen molar-refractivity contribution in [1.29, 1.82) is 0 Å². The van der Waals surface area contributed by atoms with Crippen LogP contribution in [0.25, 0.3) is 78.0 Å². The van der Waals surface area contributed by atoms with Crippen molar-refractivity contribution in [2.24, 2.45) is 0 Å². The zero-order valence-corrected chi connectivity index (χ0v) is 38.2. The number of furan rings is 1. The van der Waals surface area contributed by atoms with Gasteiger partial charge in [0.25, 0.3) is 0 Å². The average Bonchev–Trinajstić information content (AvgIpc) is 3.69. The predicted octanol–water partition coefficient (Wildman–Crippen LogP) is 14.3. The maximum Gasteiger partial charge on any atom is 0.143 e. The predicted molar refractivity (Wildman–Crippen MR) is 255 cm³/mol. The van der Waals surface area contributed by atoms with Gasteiger partial charge in [-0.15, -0.1) is 0 Å². The van der Waals surface area contributed by atoms with Crippen molar-refractivity contribution in [1.82, 2.24) is 15.0 Å². The summed E-state index contributed by atoms with van der Waals surface area (Å²) in [7, 11) is -1.22. The molecule has 0 aliphatic carbocycles. The minimum absolute atomic E-state index is 0. The molecule has 6 heteroatoms. The van der Waals surface area contributed by atoms with Crippen LogP contribution in [0.15, 0.2) is 217 Å². The maximum absolute atomic E-state index is 6.31. The summed E-state index contributed by atoms with van der Waals surface area (Å²) >= 11 is 0. The van der Waals surface area contributed by atoms with E-state index in [1.807, 2.05) is 85.3 Å². The zero-order valence-electron chi connectivity index (χ0n) is 34.8. The zero-order chi connectivity index (χ0) is 41.3. The van der Waals surface area contributed by atoms with Gasteiger partial charge in [-0.05, 0) is 71.3 Å². The molecular weight excluding hydrogens is 939 g/mol. The molecule has 0 unspecified atom stereocenters. The molecule has 4 nitrogen and oxygen atoms in total. The van der Waals surface area contributed by atoms with Gasteiger partial charge in [-0.25, -0.2) is 0 Å². The van der Waals surface area contributed by atoms with E-state index in [0.29, 0.717) is 0 Å². The van der Waals surface area contributed by atoms with Gasteiger partial charge in [-0.3, -0.25) is 15.0 Å². The van der Waals surface area contributed by atoms with E-state index >= 15 is 0 Å². The first kappa shape index (κ1) is 42.6. The SMILES string of the molecule is C[Si](C)(C)c1ccc(-c2ccccc2)nc1.Cc1cc(-c2ccc3oc4c(-c5ccccc5)cccc4c3c2)ncc1-c1ccccc1.[Ir].c1ccc(-c2ccccn2)cc1. The normalized spacial score (nSPS) is 10.8. The quantitative estimate of drug-likeness (QED) is 0.156. The Morgan fingerprint density at radius 2 is 0.967 bits per heavy atom. The molecule has 0 aliphatic heterocycles. The van der Waals surface area contributed by atoms with E-state index in [2.05, 4.69) is 164 Å². The van der Waals surface area contributed by atoms with Crippen LogP contribution in [-0.4, -0.2) is 23.0 Å². The second kappa shape index (κ2) is 19.7. The molecule has 4 aromatic heterocycles. The van der Waals surface area contributed by atoms with Crippen LogP contribution in [0.1, 0.15) is 5.56 Å². The van der Waals surface area contributed by atoms with Crippen LogP contribution in [0, 0.1) is 6.92 Å². The van der Waals surface area contributed by atoms with Gasteiger partial charge < -0.3 is 4.42 Å². The number of aryl methyl sites for hydroxylation is 1. The second-order valence-electron chi connectivity index (χ2n) is 15.7. The first-order valence-corrected chi connectivity index (χ1v) is 23.8. The summed E-state index contributed by atoms with van der Waals surface area (Å²) < 4.78 is 6.31. The van der Waals surface area contributed by atoms with Gasteiger partial charge in [0.15, 0.2) is 0 Å². The van der Waals surface area contributed by atoms with Crippen LogP contribution in [0.2, 0.25) is 19.6 Å². The van der Waals surface area contributed by atoms with Crippen molar-refractivity contribution in [3.63, 3.8) is 0 Å². The molecule has 1 radical (unpaired) electrons. The van der Waals surface area contributed by atoms with Crippen molar-refractivity contribution in [2.75, 3.05) is 0 Å². The second-order valence-corrected chi connectivity index (χ2v) is 20.8. The van der Waals surface area contributed by atoms with E-state index in [1.54, 1.807) is 0 Å². The Balaban J connectivity index is 0.000000161. The standard InChI is InChI=1S/C30H21NO.C14H17NSi.C11H9N.Ir/c1-20-17-28(31-19-27(20)22-11-6-3-7-12-22)23-15-16-29-26(18-23)25-14-8-13-24(30(25)32-29)21-9-4-2-5-10-21;1-16(2,3)13-9-10-14(15-11-13)12-7-5-4-6-8-12;1-2-6-10(7-3-1)11-8-4-5-9-12-11;/h2-19H,1H3;4-11H,1-3H3;1-9H;. The number of rotatable bonds is 6. The van der Waals surface area contributed by atoms with Crippen molar-refractivity contribution in [3.8, 4) is 56.0 Å². The van der Waals surface area contributed by atoms with Gasteiger partial charge >= 0.3 is 0 Å². The molecule has 61 heavy (non-hydrogen) atoms. The van der Waals surface area contributed by atoms with Gasteiger partial charge in [0.05, 0.1) is 25.2 Å². The number of benzene rings is 6. The van der Waals surface area contributed by atoms with Crippen LogP contribution in [-0.2, 0) is 20.1 Å². The molecule has 10 rings (SSSR count). The van der Waals surface area contributed by atoms with E-state index in [0.717, 1.165) is 66.8 Å². The number of aromatic nitrogens is 3. The minimum Gasteiger partial charge on any atom is -0.455 e. The van der Waals surface area contributed by atoms with Crippen LogP contribution < -0.4 is 5.19 Å². The smallest absolute Gasteiger partial charge is 0.143 e. The molecule has 301 valence electrons. The molecule has 0 atom stereocenters. The summed E-state index contributed by atoms with van der Waals surface area (Å²) in [5.41, 5.74) is 14.1. The van der Waals surface area contributed by atoms with Crippen molar-refractivity contribution < 1.29 is 24.5 Å². The Hall–Kier alpha value is -6.56.